The van der Waals surface area contributed by atoms with Gasteiger partial charge in [0.25, 0.3) is 0 Å². The summed E-state index contributed by atoms with van der Waals surface area (Å²) in [6, 6.07) is 0. The van der Waals surface area contributed by atoms with E-state index in [0.717, 1.165) is 0 Å². The Hall–Kier alpha value is -1.06. The zero-order chi connectivity index (χ0) is 5.54. The Balaban J connectivity index is 2.82. The zero-order valence-electron chi connectivity index (χ0n) is 4.01. The molecule has 7 heavy (non-hydrogen) atoms. The Morgan fingerprint density at radius 2 is 2.29 bits per heavy atom. The minimum Gasteiger partial charge on any atom is -0.289 e. The molecule has 1 amide bonds. The molecule has 0 aliphatic heterocycles. The number of carbonyl (C=O) groups excluding carboxylic acids is 1. The summed E-state index contributed by atoms with van der Waals surface area (Å²) < 4.78 is 0. The number of rotatable bonds is 3. The number of amides is 1. The Kier molecular flexibility index (Phi) is 4.19. The van der Waals surface area contributed by atoms with Gasteiger partial charge < -0.3 is 0 Å². The highest BCUT2D eigenvalue weighted by atomic mass is 16.1. The fourth-order valence-electron chi connectivity index (χ4n) is 0.136. The van der Waals surface area contributed by atoms with Gasteiger partial charge in [0.2, 0.25) is 6.41 Å². The predicted molar refractivity (Wildman–Crippen MR) is 26.8 cm³/mol. The van der Waals surface area contributed by atoms with Crippen molar-refractivity contribution in [2.45, 2.75) is 0 Å². The zero-order valence-corrected chi connectivity index (χ0v) is 4.01. The van der Waals surface area contributed by atoms with Gasteiger partial charge in [-0.2, -0.15) is 0 Å². The number of carbonyl (C=O) groups is 1. The van der Waals surface area contributed by atoms with E-state index in [1.54, 1.807) is 7.05 Å². The van der Waals surface area contributed by atoms with E-state index in [1.165, 1.54) is 6.34 Å². The van der Waals surface area contributed by atoms with Crippen LogP contribution in [0.3, 0.4) is 0 Å². The third-order valence-corrected chi connectivity index (χ3v) is 0.336. The summed E-state index contributed by atoms with van der Waals surface area (Å²) >= 11 is 0. The van der Waals surface area contributed by atoms with Crippen molar-refractivity contribution >= 4 is 12.7 Å². The average molecular weight is 101 g/mol. The van der Waals surface area contributed by atoms with Crippen LogP contribution in [-0.2, 0) is 4.79 Å². The number of hydrazine groups is 1. The number of nitrogens with zero attached hydrogens (tertiary/aromatic N) is 1. The van der Waals surface area contributed by atoms with Crippen molar-refractivity contribution in [2.75, 3.05) is 7.05 Å². The molecule has 0 atom stereocenters. The van der Waals surface area contributed by atoms with E-state index in [1.807, 2.05) is 0 Å². The molecule has 0 fully saturated rings. The third-order valence-electron chi connectivity index (χ3n) is 0.336. The van der Waals surface area contributed by atoms with Crippen molar-refractivity contribution in [1.82, 2.24) is 10.9 Å². The van der Waals surface area contributed by atoms with E-state index in [4.69, 9.17) is 0 Å². The lowest BCUT2D eigenvalue weighted by molar-refractivity contribution is -0.110. The van der Waals surface area contributed by atoms with E-state index >= 15 is 0 Å². The highest BCUT2D eigenvalue weighted by Crippen LogP contribution is 1.38. The smallest absolute Gasteiger partial charge is 0.225 e. The molecule has 2 N–H and O–H groups in total. The molecule has 0 spiro atoms. The van der Waals surface area contributed by atoms with Gasteiger partial charge in [-0.1, -0.05) is 0 Å². The van der Waals surface area contributed by atoms with Crippen LogP contribution < -0.4 is 10.9 Å². The first-order valence-corrected chi connectivity index (χ1v) is 1.77. The SMILES string of the molecule is CN=CNNC=O. The Labute approximate surface area is 41.6 Å². The van der Waals surface area contributed by atoms with Crippen LogP contribution in [0.15, 0.2) is 4.99 Å². The molecule has 0 saturated heterocycles. The minimum absolute atomic E-state index is 0.529. The second kappa shape index (κ2) is 4.94. The topological polar surface area (TPSA) is 53.5 Å². The van der Waals surface area contributed by atoms with Crippen LogP contribution in [0.1, 0.15) is 0 Å². The van der Waals surface area contributed by atoms with Gasteiger partial charge in [0.05, 0.1) is 0 Å². The quantitative estimate of drug-likeness (QED) is 0.156. The van der Waals surface area contributed by atoms with E-state index in [2.05, 4.69) is 15.8 Å². The number of hydrogen-bond acceptors (Lipinski definition) is 2. The second-order valence-corrected chi connectivity index (χ2v) is 0.794. The van der Waals surface area contributed by atoms with Gasteiger partial charge in [0, 0.05) is 7.05 Å². The standard InChI is InChI=1S/C3H7N3O/c1-4-2-5-6-3-7/h2-3H,1H3,(H,4,5)(H,6,7). The van der Waals surface area contributed by atoms with E-state index < -0.39 is 0 Å². The number of nitrogens with one attached hydrogen (secondary N) is 2. The van der Waals surface area contributed by atoms with Gasteiger partial charge in [0.15, 0.2) is 0 Å². The largest absolute Gasteiger partial charge is 0.289 e. The molecule has 0 bridgehead atoms. The van der Waals surface area contributed by atoms with Gasteiger partial charge in [-0.05, 0) is 0 Å². The van der Waals surface area contributed by atoms with Crippen molar-refractivity contribution in [3.8, 4) is 0 Å². The van der Waals surface area contributed by atoms with Crippen LogP contribution in [0.4, 0.5) is 0 Å². The predicted octanol–water partition coefficient (Wildman–Crippen LogP) is -1.10. The van der Waals surface area contributed by atoms with Crippen LogP contribution in [0.5, 0.6) is 0 Å². The summed E-state index contributed by atoms with van der Waals surface area (Å²) in [6.45, 7) is 0. The Morgan fingerprint density at radius 1 is 1.57 bits per heavy atom. The highest BCUT2D eigenvalue weighted by Gasteiger charge is 1.62. The van der Waals surface area contributed by atoms with Gasteiger partial charge in [-0.3, -0.25) is 20.6 Å². The van der Waals surface area contributed by atoms with Gasteiger partial charge in [0.1, 0.15) is 6.34 Å². The van der Waals surface area contributed by atoms with Crippen molar-refractivity contribution in [1.29, 1.82) is 0 Å². The first kappa shape index (κ1) is 5.94. The molecule has 40 valence electrons. The summed E-state index contributed by atoms with van der Waals surface area (Å²) in [4.78, 5) is 13.0. The molecule has 0 aliphatic carbocycles. The van der Waals surface area contributed by atoms with Crippen LogP contribution in [0.2, 0.25) is 0 Å². The molecule has 0 aromatic rings. The normalized spacial score (nSPS) is 8.71. The maximum absolute atomic E-state index is 9.44. The molecular weight excluding hydrogens is 94.1 g/mol. The van der Waals surface area contributed by atoms with Gasteiger partial charge in [-0.15, -0.1) is 0 Å². The highest BCUT2D eigenvalue weighted by molar-refractivity contribution is 5.57. The maximum Gasteiger partial charge on any atom is 0.225 e. The molecule has 0 rings (SSSR count). The molecule has 0 aromatic heterocycles. The first-order chi connectivity index (χ1) is 3.41. The van der Waals surface area contributed by atoms with Crippen LogP contribution in [0, 0.1) is 0 Å². The van der Waals surface area contributed by atoms with Gasteiger partial charge >= 0.3 is 0 Å². The fraction of sp³-hybridized carbons (Fsp3) is 0.333. The lowest BCUT2D eigenvalue weighted by Gasteiger charge is -1.89. The number of aliphatic imine (C=N–C) groups is 1. The molecule has 0 aliphatic rings. The first-order valence-electron chi connectivity index (χ1n) is 1.77. The Bertz CT molecular complexity index is 70.6. The second-order valence-electron chi connectivity index (χ2n) is 0.794. The molecule has 0 aromatic carbocycles. The Morgan fingerprint density at radius 3 is 2.71 bits per heavy atom. The third kappa shape index (κ3) is 4.94. The average Bonchev–Trinajstić information content (AvgIpc) is 1.69. The summed E-state index contributed by atoms with van der Waals surface area (Å²) in [5.74, 6) is 0. The molecule has 0 heterocycles. The van der Waals surface area contributed by atoms with Crippen LogP contribution in [0.25, 0.3) is 0 Å². The van der Waals surface area contributed by atoms with Crippen molar-refractivity contribution in [3.63, 3.8) is 0 Å². The van der Waals surface area contributed by atoms with E-state index in [-0.39, 0.29) is 0 Å². The molecule has 0 saturated carbocycles. The minimum atomic E-state index is 0.529. The van der Waals surface area contributed by atoms with Crippen molar-refractivity contribution in [2.24, 2.45) is 4.99 Å². The van der Waals surface area contributed by atoms with Crippen molar-refractivity contribution in [3.05, 3.63) is 0 Å². The van der Waals surface area contributed by atoms with E-state index in [0.29, 0.717) is 6.41 Å². The fourth-order valence-corrected chi connectivity index (χ4v) is 0.136. The summed E-state index contributed by atoms with van der Waals surface area (Å²) in [6.07, 6.45) is 1.90. The monoisotopic (exact) mass is 101 g/mol. The number of hydrogen-bond donors (Lipinski definition) is 2. The molecule has 0 radical (unpaired) electrons. The lowest BCUT2D eigenvalue weighted by atomic mass is 11.2. The summed E-state index contributed by atoms with van der Waals surface area (Å²) in [5, 5.41) is 0. The summed E-state index contributed by atoms with van der Waals surface area (Å²) in [7, 11) is 1.60. The van der Waals surface area contributed by atoms with E-state index in [9.17, 15) is 4.79 Å². The molecule has 4 nitrogen and oxygen atoms in total. The van der Waals surface area contributed by atoms with Crippen molar-refractivity contribution < 1.29 is 4.79 Å². The molecule has 0 unspecified atom stereocenters. The maximum atomic E-state index is 9.44. The lowest BCUT2D eigenvalue weighted by Crippen LogP contribution is -2.28. The van der Waals surface area contributed by atoms with Crippen LogP contribution in [-0.4, -0.2) is 19.8 Å². The van der Waals surface area contributed by atoms with Gasteiger partial charge in [-0.25, -0.2) is 0 Å². The van der Waals surface area contributed by atoms with Crippen LogP contribution >= 0.6 is 0 Å². The molecular formula is C3H7N3O. The summed E-state index contributed by atoms with van der Waals surface area (Å²) in [5.41, 5.74) is 4.54. The molecule has 4 heteroatoms.